The average Bonchev–Trinajstić information content (AvgIpc) is 2.04. The van der Waals surface area contributed by atoms with Crippen LogP contribution in [0.4, 0.5) is 11.4 Å². The van der Waals surface area contributed by atoms with Gasteiger partial charge in [-0.3, -0.25) is 20.2 Å². The molecule has 1 rings (SSSR count). The fourth-order valence-corrected chi connectivity index (χ4v) is 0.720. The van der Waals surface area contributed by atoms with E-state index in [0.29, 0.717) is 0 Å². The van der Waals surface area contributed by atoms with Crippen molar-refractivity contribution in [2.45, 2.75) is 0 Å². The highest BCUT2D eigenvalue weighted by atomic mass is 16.9. The van der Waals surface area contributed by atoms with E-state index >= 15 is 0 Å². The first kappa shape index (κ1) is 8.12. The maximum atomic E-state index is 10.2. The number of nitro groups is 2. The van der Waals surface area contributed by atoms with Gasteiger partial charge in [0.2, 0.25) is 0 Å². The standard InChI is InChI=1S/C6H4N2O4/c9-7(10)5-2-1-3-6(4-5)8(11)12/h1-4H/i7+1,8+1. The van der Waals surface area contributed by atoms with E-state index in [2.05, 4.69) is 0 Å². The number of non-ortho nitro benzene ring substituents is 2. The second-order valence-electron chi connectivity index (χ2n) is 2.03. The van der Waals surface area contributed by atoms with Crippen LogP contribution in [0.3, 0.4) is 0 Å². The molecule has 0 aromatic heterocycles. The molecule has 0 aliphatic heterocycles. The van der Waals surface area contributed by atoms with Crippen molar-refractivity contribution in [3.8, 4) is 0 Å². The largest absolute Gasteiger partial charge is 0.276 e. The van der Waals surface area contributed by atoms with Gasteiger partial charge in [0.25, 0.3) is 11.4 Å². The minimum absolute atomic E-state index is 0.274. The predicted molar refractivity (Wildman–Crippen MR) is 39.8 cm³/mol. The number of nitro benzene ring substituents is 2. The van der Waals surface area contributed by atoms with Crippen LogP contribution in [0.2, 0.25) is 0 Å². The quantitative estimate of drug-likeness (QED) is 0.382. The van der Waals surface area contributed by atoms with Crippen molar-refractivity contribution < 1.29 is 9.85 Å². The van der Waals surface area contributed by atoms with E-state index in [0.717, 1.165) is 6.07 Å². The maximum Gasteiger partial charge on any atom is 0.276 e. The van der Waals surface area contributed by atoms with E-state index in [1.54, 1.807) is 0 Å². The molecule has 6 nitrogen and oxygen atoms in total. The van der Waals surface area contributed by atoms with E-state index in [4.69, 9.17) is 0 Å². The molecule has 0 N–H and O–H groups in total. The summed E-state index contributed by atoms with van der Waals surface area (Å²) in [6.45, 7) is 0. The summed E-state index contributed by atoms with van der Waals surface area (Å²) < 4.78 is 0. The zero-order chi connectivity index (χ0) is 9.14. The third kappa shape index (κ3) is 1.54. The molecule has 1 aromatic carbocycles. The number of nitrogens with zero attached hydrogens (tertiary/aromatic N) is 2. The summed E-state index contributed by atoms with van der Waals surface area (Å²) in [5, 5.41) is 20.3. The van der Waals surface area contributed by atoms with Crippen LogP contribution in [-0.2, 0) is 0 Å². The molecule has 0 saturated heterocycles. The van der Waals surface area contributed by atoms with E-state index in [-0.39, 0.29) is 11.4 Å². The highest BCUT2D eigenvalue weighted by Crippen LogP contribution is 2.18. The van der Waals surface area contributed by atoms with Crippen molar-refractivity contribution in [3.63, 3.8) is 0 Å². The molecule has 0 unspecified atom stereocenters. The molecule has 0 bridgehead atoms. The Balaban J connectivity index is 3.12. The second-order valence-corrected chi connectivity index (χ2v) is 2.03. The lowest BCUT2D eigenvalue weighted by Crippen LogP contribution is -1.91. The fourth-order valence-electron chi connectivity index (χ4n) is 0.720. The molecule has 6 heteroatoms. The molecule has 0 fully saturated rings. The van der Waals surface area contributed by atoms with Crippen molar-refractivity contribution in [2.75, 3.05) is 0 Å². The SMILES string of the molecule is O=[15N+]([O-])c1cccc([15N+](=O)[O-])c1. The van der Waals surface area contributed by atoms with Gasteiger partial charge in [-0.2, -0.15) is 0 Å². The minimum Gasteiger partial charge on any atom is -0.258 e. The van der Waals surface area contributed by atoms with Crippen molar-refractivity contribution in [3.05, 3.63) is 44.5 Å². The molecule has 0 atom stereocenters. The smallest absolute Gasteiger partial charge is 0.258 e. The van der Waals surface area contributed by atoms with Crippen molar-refractivity contribution in [1.29, 1.82) is 0 Å². The summed E-state index contributed by atoms with van der Waals surface area (Å²) in [4.78, 5) is 19.0. The normalized spacial score (nSPS) is 9.33. The highest BCUT2D eigenvalue weighted by molar-refractivity contribution is 5.42. The van der Waals surface area contributed by atoms with Crippen LogP contribution in [-0.4, -0.2) is 9.85 Å². The molecular formula is C6H4N2O4. The molecule has 0 radical (unpaired) electrons. The summed E-state index contributed by atoms with van der Waals surface area (Å²) in [6.07, 6.45) is 0. The molecule has 62 valence electrons. The van der Waals surface area contributed by atoms with Gasteiger partial charge in [-0.25, -0.2) is 0 Å². The molecule has 0 aliphatic carbocycles. The van der Waals surface area contributed by atoms with Gasteiger partial charge in [-0.15, -0.1) is 0 Å². The Morgan fingerprint density at radius 3 is 1.75 bits per heavy atom. The van der Waals surface area contributed by atoms with Gasteiger partial charge in [0, 0.05) is 12.1 Å². The summed E-state index contributed by atoms with van der Waals surface area (Å²) in [6, 6.07) is 4.59. The van der Waals surface area contributed by atoms with E-state index in [1.807, 2.05) is 0 Å². The molecule has 0 amide bonds. The lowest BCUT2D eigenvalue weighted by molar-refractivity contribution is -0.394. The molecule has 0 aliphatic rings. The summed E-state index contributed by atoms with van der Waals surface area (Å²) >= 11 is 0. The molecule has 0 spiro atoms. The number of rotatable bonds is 2. The number of hydrogen-bond acceptors (Lipinski definition) is 4. The molecule has 12 heavy (non-hydrogen) atoms. The van der Waals surface area contributed by atoms with Crippen LogP contribution < -0.4 is 0 Å². The maximum absolute atomic E-state index is 10.2. The van der Waals surface area contributed by atoms with Crippen molar-refractivity contribution in [1.82, 2.24) is 0 Å². The van der Waals surface area contributed by atoms with Crippen molar-refractivity contribution >= 4 is 11.4 Å². The third-order valence-corrected chi connectivity index (χ3v) is 1.25. The molecule has 0 heterocycles. The Hall–Kier alpha value is -1.98. The van der Waals surface area contributed by atoms with Gasteiger partial charge in [0.1, 0.15) is 0 Å². The number of hydrogen-bond donors (Lipinski definition) is 0. The Labute approximate surface area is 66.7 Å². The van der Waals surface area contributed by atoms with Gasteiger partial charge in [0.05, 0.1) is 15.9 Å². The zero-order valence-corrected chi connectivity index (χ0v) is 5.84. The van der Waals surface area contributed by atoms with Gasteiger partial charge in [-0.05, 0) is 6.07 Å². The van der Waals surface area contributed by atoms with Crippen LogP contribution in [0.5, 0.6) is 0 Å². The number of benzene rings is 1. The Morgan fingerprint density at radius 1 is 1.00 bits per heavy atom. The summed E-state index contributed by atoms with van der Waals surface area (Å²) in [7, 11) is 0. The van der Waals surface area contributed by atoms with Crippen molar-refractivity contribution in [2.24, 2.45) is 0 Å². The first-order valence-electron chi connectivity index (χ1n) is 3.00. The van der Waals surface area contributed by atoms with Crippen LogP contribution in [0.25, 0.3) is 0 Å². The minimum atomic E-state index is -0.674. The van der Waals surface area contributed by atoms with Gasteiger partial charge >= 0.3 is 0 Å². The van der Waals surface area contributed by atoms with E-state index < -0.39 is 9.85 Å². The van der Waals surface area contributed by atoms with Crippen LogP contribution in [0.15, 0.2) is 24.3 Å². The lowest BCUT2D eigenvalue weighted by Gasteiger charge is -1.90. The Bertz CT molecular complexity index is 307. The topological polar surface area (TPSA) is 86.3 Å². The summed E-state index contributed by atoms with van der Waals surface area (Å²) in [5.41, 5.74) is -0.548. The second kappa shape index (κ2) is 2.95. The molecule has 0 saturated carbocycles. The fraction of sp³-hybridized carbons (Fsp3) is 0. The van der Waals surface area contributed by atoms with E-state index in [9.17, 15) is 20.2 Å². The summed E-state index contributed by atoms with van der Waals surface area (Å²) in [5.74, 6) is 0. The van der Waals surface area contributed by atoms with E-state index in [1.165, 1.54) is 18.2 Å². The first-order chi connectivity index (χ1) is 5.61. The van der Waals surface area contributed by atoms with Crippen LogP contribution in [0.1, 0.15) is 0 Å². The average molecular weight is 170 g/mol. The Kier molecular flexibility index (Phi) is 2.00. The predicted octanol–water partition coefficient (Wildman–Crippen LogP) is 1.50. The van der Waals surface area contributed by atoms with Gasteiger partial charge in [-0.1, -0.05) is 0 Å². The van der Waals surface area contributed by atoms with Crippen LogP contribution in [0, 0.1) is 20.2 Å². The Morgan fingerprint density at radius 2 is 1.42 bits per heavy atom. The molecular weight excluding hydrogens is 166 g/mol. The lowest BCUT2D eigenvalue weighted by atomic mass is 10.3. The monoisotopic (exact) mass is 170 g/mol. The zero-order valence-electron chi connectivity index (χ0n) is 5.84. The van der Waals surface area contributed by atoms with Crippen LogP contribution >= 0.6 is 0 Å². The van der Waals surface area contributed by atoms with Gasteiger partial charge < -0.3 is 0 Å². The third-order valence-electron chi connectivity index (χ3n) is 1.25. The highest BCUT2D eigenvalue weighted by Gasteiger charge is 2.11. The molecule has 1 aromatic rings. The first-order valence-corrected chi connectivity index (χ1v) is 3.00. The van der Waals surface area contributed by atoms with Gasteiger partial charge in [0.15, 0.2) is 0 Å².